The highest BCUT2D eigenvalue weighted by molar-refractivity contribution is 4.58. The van der Waals surface area contributed by atoms with Crippen LogP contribution in [-0.2, 0) is 0 Å². The van der Waals surface area contributed by atoms with Crippen molar-refractivity contribution in [2.45, 2.75) is 38.5 Å². The van der Waals surface area contributed by atoms with Crippen LogP contribution in [0.3, 0.4) is 0 Å². The fraction of sp³-hybridized carbons (Fsp3) is 1.00. The maximum absolute atomic E-state index is 5.46. The summed E-state index contributed by atoms with van der Waals surface area (Å²) in [7, 11) is 0. The van der Waals surface area contributed by atoms with Gasteiger partial charge in [-0.15, -0.1) is 0 Å². The highest BCUT2D eigenvalue weighted by atomic mass is 15.0. The third-order valence-electron chi connectivity index (χ3n) is 4.42. The summed E-state index contributed by atoms with van der Waals surface area (Å²) in [4.78, 5) is 0. The third-order valence-corrected chi connectivity index (χ3v) is 4.42. The van der Waals surface area contributed by atoms with Crippen LogP contribution in [0, 0.1) is 0 Å². The Morgan fingerprint density at radius 2 is 0.500 bits per heavy atom. The zero-order chi connectivity index (χ0) is 20.4. The number of hydrogen-bond acceptors (Lipinski definition) is 8. The third kappa shape index (κ3) is 25.7. The van der Waals surface area contributed by atoms with Crippen molar-refractivity contribution in [1.29, 1.82) is 0 Å². The van der Waals surface area contributed by atoms with Crippen molar-refractivity contribution in [3.63, 3.8) is 0 Å². The molecule has 0 aliphatic heterocycles. The van der Waals surface area contributed by atoms with Crippen LogP contribution in [-0.4, -0.2) is 91.6 Å². The second-order valence-electron chi connectivity index (χ2n) is 7.20. The van der Waals surface area contributed by atoms with Gasteiger partial charge in [-0.3, -0.25) is 0 Å². The molecule has 0 aromatic rings. The van der Waals surface area contributed by atoms with Crippen molar-refractivity contribution in [2.24, 2.45) is 11.5 Å². The van der Waals surface area contributed by atoms with E-state index in [0.29, 0.717) is 0 Å². The Balaban J connectivity index is 2.96. The summed E-state index contributed by atoms with van der Waals surface area (Å²) in [5.74, 6) is 0. The van der Waals surface area contributed by atoms with Crippen molar-refractivity contribution in [2.75, 3.05) is 91.6 Å². The number of nitrogens with two attached hydrogens (primary N) is 2. The fourth-order valence-corrected chi connectivity index (χ4v) is 2.73. The minimum absolute atomic E-state index is 0.777. The molecule has 0 saturated heterocycles. The van der Waals surface area contributed by atoms with Crippen LogP contribution in [0.2, 0.25) is 0 Å². The first-order valence-electron chi connectivity index (χ1n) is 11.6. The summed E-state index contributed by atoms with van der Waals surface area (Å²) in [5, 5.41) is 20.8. The molecule has 0 aromatic heterocycles. The van der Waals surface area contributed by atoms with Gasteiger partial charge in [-0.05, 0) is 117 Å². The van der Waals surface area contributed by atoms with Crippen LogP contribution in [0.1, 0.15) is 38.5 Å². The lowest BCUT2D eigenvalue weighted by Crippen LogP contribution is -2.31. The van der Waals surface area contributed by atoms with Gasteiger partial charge < -0.3 is 43.4 Å². The monoisotopic (exact) mass is 402 g/mol. The highest BCUT2D eigenvalue weighted by Crippen LogP contribution is 1.79. The molecular formula is C20H50N8. The molecule has 28 heavy (non-hydrogen) atoms. The molecule has 0 saturated carbocycles. The zero-order valence-corrected chi connectivity index (χ0v) is 18.3. The van der Waals surface area contributed by atoms with Crippen LogP contribution in [0.25, 0.3) is 0 Å². The molecule has 0 fully saturated rings. The minimum Gasteiger partial charge on any atom is -0.330 e. The molecule has 8 heteroatoms. The van der Waals surface area contributed by atoms with Crippen LogP contribution in [0.4, 0.5) is 0 Å². The van der Waals surface area contributed by atoms with Gasteiger partial charge in [0.15, 0.2) is 0 Å². The summed E-state index contributed by atoms with van der Waals surface area (Å²) in [5.41, 5.74) is 10.9. The van der Waals surface area contributed by atoms with Crippen LogP contribution < -0.4 is 43.4 Å². The van der Waals surface area contributed by atoms with Crippen LogP contribution >= 0.6 is 0 Å². The van der Waals surface area contributed by atoms with E-state index in [1.807, 2.05) is 0 Å². The first-order valence-corrected chi connectivity index (χ1v) is 11.6. The van der Waals surface area contributed by atoms with Gasteiger partial charge in [-0.25, -0.2) is 0 Å². The lowest BCUT2D eigenvalue weighted by atomic mass is 10.3. The second kappa shape index (κ2) is 26.7. The van der Waals surface area contributed by atoms with Gasteiger partial charge in [-0.1, -0.05) is 0 Å². The molecule has 0 aliphatic carbocycles. The van der Waals surface area contributed by atoms with E-state index in [2.05, 4.69) is 31.9 Å². The molecule has 0 atom stereocenters. The maximum Gasteiger partial charge on any atom is 0.00767 e. The van der Waals surface area contributed by atoms with Gasteiger partial charge in [0.1, 0.15) is 0 Å². The average molecular weight is 403 g/mol. The zero-order valence-electron chi connectivity index (χ0n) is 18.3. The highest BCUT2D eigenvalue weighted by Gasteiger charge is 1.93. The molecule has 0 radical (unpaired) electrons. The molecule has 0 heterocycles. The van der Waals surface area contributed by atoms with Gasteiger partial charge in [-0.2, -0.15) is 0 Å². The summed E-state index contributed by atoms with van der Waals surface area (Å²) in [6, 6.07) is 0. The van der Waals surface area contributed by atoms with Gasteiger partial charge >= 0.3 is 0 Å². The Labute approximate surface area is 174 Å². The first kappa shape index (κ1) is 27.7. The molecule has 0 rings (SSSR count). The molecule has 8 nitrogen and oxygen atoms in total. The molecule has 0 aromatic carbocycles. The summed E-state index contributed by atoms with van der Waals surface area (Å²) < 4.78 is 0. The normalized spacial score (nSPS) is 11.4. The van der Waals surface area contributed by atoms with E-state index in [1.54, 1.807) is 0 Å². The molecule has 0 amide bonds. The Hall–Kier alpha value is -0.320. The molecule has 10 N–H and O–H groups in total. The fourth-order valence-electron chi connectivity index (χ4n) is 2.73. The molecule has 0 spiro atoms. The van der Waals surface area contributed by atoms with E-state index in [1.165, 1.54) is 25.7 Å². The topological polar surface area (TPSA) is 124 Å². The number of nitrogens with one attached hydrogen (secondary N) is 6. The van der Waals surface area contributed by atoms with Crippen molar-refractivity contribution < 1.29 is 0 Å². The number of rotatable bonds is 25. The SMILES string of the molecule is NCCCNCCCNCCCNCCNCCCNCCCNCCCN. The Morgan fingerprint density at radius 1 is 0.286 bits per heavy atom. The van der Waals surface area contributed by atoms with E-state index < -0.39 is 0 Å². The first-order chi connectivity index (χ1) is 13.9. The molecule has 170 valence electrons. The van der Waals surface area contributed by atoms with Crippen molar-refractivity contribution in [1.82, 2.24) is 31.9 Å². The average Bonchev–Trinajstić information content (AvgIpc) is 2.71. The van der Waals surface area contributed by atoms with Gasteiger partial charge in [0.25, 0.3) is 0 Å². The molecule has 0 aliphatic rings. The van der Waals surface area contributed by atoms with E-state index in [9.17, 15) is 0 Å². The Kier molecular flexibility index (Phi) is 26.4. The van der Waals surface area contributed by atoms with Gasteiger partial charge in [0.2, 0.25) is 0 Å². The van der Waals surface area contributed by atoms with E-state index in [4.69, 9.17) is 11.5 Å². The van der Waals surface area contributed by atoms with Gasteiger partial charge in [0, 0.05) is 13.1 Å². The van der Waals surface area contributed by atoms with Crippen LogP contribution in [0.5, 0.6) is 0 Å². The lowest BCUT2D eigenvalue weighted by Gasteiger charge is -2.09. The summed E-state index contributed by atoms with van der Waals surface area (Å²) >= 11 is 0. The van der Waals surface area contributed by atoms with Crippen molar-refractivity contribution >= 4 is 0 Å². The predicted molar refractivity (Wildman–Crippen MR) is 123 cm³/mol. The van der Waals surface area contributed by atoms with Crippen LogP contribution in [0.15, 0.2) is 0 Å². The smallest absolute Gasteiger partial charge is 0.00767 e. The van der Waals surface area contributed by atoms with Crippen molar-refractivity contribution in [3.05, 3.63) is 0 Å². The van der Waals surface area contributed by atoms with Crippen molar-refractivity contribution in [3.8, 4) is 0 Å². The molecule has 0 unspecified atom stereocenters. The van der Waals surface area contributed by atoms with E-state index >= 15 is 0 Å². The number of hydrogen-bond donors (Lipinski definition) is 8. The molecular weight excluding hydrogens is 352 g/mol. The quantitative estimate of drug-likeness (QED) is 0.0894. The lowest BCUT2D eigenvalue weighted by molar-refractivity contribution is 0.541. The van der Waals surface area contributed by atoms with E-state index in [0.717, 1.165) is 104 Å². The second-order valence-corrected chi connectivity index (χ2v) is 7.20. The molecule has 0 bridgehead atoms. The summed E-state index contributed by atoms with van der Waals surface area (Å²) in [6.45, 7) is 14.4. The summed E-state index contributed by atoms with van der Waals surface area (Å²) in [6.07, 6.45) is 6.88. The Bertz CT molecular complexity index is 243. The predicted octanol–water partition coefficient (Wildman–Crippen LogP) is -1.22. The Morgan fingerprint density at radius 3 is 0.750 bits per heavy atom. The minimum atomic E-state index is 0.777. The van der Waals surface area contributed by atoms with E-state index in [-0.39, 0.29) is 0 Å². The maximum atomic E-state index is 5.46. The largest absolute Gasteiger partial charge is 0.330 e. The van der Waals surface area contributed by atoms with Gasteiger partial charge in [0.05, 0.1) is 0 Å². The standard InChI is InChI=1S/C20H50N8/c21-7-1-9-23-11-3-13-25-15-5-17-27-19-20-28-18-6-16-26-14-4-12-24-10-2-8-22/h23-28H,1-22H2.